The molecule has 1 amide bonds. The minimum absolute atomic E-state index is 0.0979. The number of benzene rings is 1. The van der Waals surface area contributed by atoms with Crippen LogP contribution in [-0.4, -0.2) is 40.1 Å². The van der Waals surface area contributed by atoms with Crippen LogP contribution in [0.2, 0.25) is 0 Å². The Bertz CT molecular complexity index is 933. The molecule has 27 heavy (non-hydrogen) atoms. The van der Waals surface area contributed by atoms with Crippen LogP contribution in [0.25, 0.3) is 10.9 Å². The molecule has 1 saturated heterocycles. The molecule has 3 heterocycles. The Balaban J connectivity index is 1.37. The summed E-state index contributed by atoms with van der Waals surface area (Å²) in [6.07, 6.45) is 3.86. The topological polar surface area (TPSA) is 68.5 Å². The highest BCUT2D eigenvalue weighted by molar-refractivity contribution is 5.84. The van der Waals surface area contributed by atoms with Crippen molar-refractivity contribution in [2.24, 2.45) is 0 Å². The van der Waals surface area contributed by atoms with E-state index >= 15 is 0 Å². The van der Waals surface area contributed by atoms with Gasteiger partial charge < -0.3 is 14.2 Å². The summed E-state index contributed by atoms with van der Waals surface area (Å²) in [5, 5.41) is 5.00. The van der Waals surface area contributed by atoms with E-state index in [1.807, 2.05) is 49.1 Å². The molecule has 6 heteroatoms. The van der Waals surface area contributed by atoms with Crippen molar-refractivity contribution in [3.8, 4) is 5.75 Å². The molecule has 0 N–H and O–H groups in total. The summed E-state index contributed by atoms with van der Waals surface area (Å²) in [5.74, 6) is 1.66. The van der Waals surface area contributed by atoms with Gasteiger partial charge in [0.15, 0.2) is 0 Å². The lowest BCUT2D eigenvalue weighted by Crippen LogP contribution is -2.42. The summed E-state index contributed by atoms with van der Waals surface area (Å²) in [4.78, 5) is 19.0. The van der Waals surface area contributed by atoms with Crippen LogP contribution >= 0.6 is 0 Å². The SMILES string of the molecule is Cc1noc(C)c1CC(=O)N1CCC(Oc2cccc3cccnc23)CC1. The van der Waals surface area contributed by atoms with Crippen molar-refractivity contribution in [3.63, 3.8) is 0 Å². The van der Waals surface area contributed by atoms with Gasteiger partial charge in [-0.25, -0.2) is 0 Å². The van der Waals surface area contributed by atoms with Crippen molar-refractivity contribution in [3.05, 3.63) is 53.5 Å². The van der Waals surface area contributed by atoms with E-state index in [0.29, 0.717) is 19.5 Å². The third kappa shape index (κ3) is 3.65. The van der Waals surface area contributed by atoms with Crippen molar-refractivity contribution >= 4 is 16.8 Å². The molecule has 1 aliphatic heterocycles. The van der Waals surface area contributed by atoms with Crippen LogP contribution in [0.15, 0.2) is 41.1 Å². The first-order valence-electron chi connectivity index (χ1n) is 9.32. The number of aromatic nitrogens is 2. The minimum atomic E-state index is 0.0979. The lowest BCUT2D eigenvalue weighted by molar-refractivity contribution is -0.132. The van der Waals surface area contributed by atoms with E-state index in [4.69, 9.17) is 9.26 Å². The van der Waals surface area contributed by atoms with Gasteiger partial charge in [0.25, 0.3) is 0 Å². The number of likely N-dealkylation sites (tertiary alicyclic amines) is 1. The van der Waals surface area contributed by atoms with Crippen molar-refractivity contribution in [1.82, 2.24) is 15.0 Å². The van der Waals surface area contributed by atoms with Gasteiger partial charge in [0.2, 0.25) is 5.91 Å². The molecule has 4 rings (SSSR count). The zero-order valence-corrected chi connectivity index (χ0v) is 15.6. The van der Waals surface area contributed by atoms with Gasteiger partial charge in [-0.3, -0.25) is 9.78 Å². The van der Waals surface area contributed by atoms with Crippen LogP contribution < -0.4 is 4.74 Å². The number of nitrogens with zero attached hydrogens (tertiary/aromatic N) is 3. The van der Waals surface area contributed by atoms with Crippen LogP contribution in [0, 0.1) is 13.8 Å². The Morgan fingerprint density at radius 2 is 2.00 bits per heavy atom. The van der Waals surface area contributed by atoms with Crippen LogP contribution in [0.1, 0.15) is 29.9 Å². The molecular formula is C21H23N3O3. The fourth-order valence-electron chi connectivity index (χ4n) is 3.59. The first-order valence-corrected chi connectivity index (χ1v) is 9.32. The largest absolute Gasteiger partial charge is 0.488 e. The highest BCUT2D eigenvalue weighted by Crippen LogP contribution is 2.26. The normalized spacial score (nSPS) is 15.3. The maximum Gasteiger partial charge on any atom is 0.227 e. The lowest BCUT2D eigenvalue weighted by atomic mass is 10.1. The molecule has 1 fully saturated rings. The van der Waals surface area contributed by atoms with E-state index in [1.54, 1.807) is 6.20 Å². The summed E-state index contributed by atoms with van der Waals surface area (Å²) in [5.41, 5.74) is 2.58. The second-order valence-corrected chi connectivity index (χ2v) is 7.01. The molecule has 2 aromatic heterocycles. The van der Waals surface area contributed by atoms with Gasteiger partial charge in [-0.1, -0.05) is 23.4 Å². The quantitative estimate of drug-likeness (QED) is 0.708. The molecule has 0 spiro atoms. The van der Waals surface area contributed by atoms with E-state index in [9.17, 15) is 4.79 Å². The monoisotopic (exact) mass is 365 g/mol. The maximum atomic E-state index is 12.6. The van der Waals surface area contributed by atoms with Crippen molar-refractivity contribution in [1.29, 1.82) is 0 Å². The summed E-state index contributed by atoms with van der Waals surface area (Å²) in [6, 6.07) is 9.94. The maximum absolute atomic E-state index is 12.6. The van der Waals surface area contributed by atoms with E-state index in [0.717, 1.165) is 46.5 Å². The first kappa shape index (κ1) is 17.5. The highest BCUT2D eigenvalue weighted by Gasteiger charge is 2.25. The van der Waals surface area contributed by atoms with Crippen LogP contribution in [0.3, 0.4) is 0 Å². The van der Waals surface area contributed by atoms with Crippen LogP contribution in [0.5, 0.6) is 5.75 Å². The van der Waals surface area contributed by atoms with E-state index < -0.39 is 0 Å². The molecule has 1 aromatic carbocycles. The van der Waals surface area contributed by atoms with Crippen molar-refractivity contribution in [2.45, 2.75) is 39.2 Å². The number of carbonyl (C=O) groups excluding carboxylic acids is 1. The fourth-order valence-corrected chi connectivity index (χ4v) is 3.59. The summed E-state index contributed by atoms with van der Waals surface area (Å²) >= 11 is 0. The summed E-state index contributed by atoms with van der Waals surface area (Å²) in [7, 11) is 0. The molecule has 0 bridgehead atoms. The van der Waals surface area contributed by atoms with Gasteiger partial charge in [-0.05, 0) is 26.0 Å². The second-order valence-electron chi connectivity index (χ2n) is 7.01. The molecular weight excluding hydrogens is 342 g/mol. The number of rotatable bonds is 4. The third-order valence-corrected chi connectivity index (χ3v) is 5.19. The van der Waals surface area contributed by atoms with Crippen molar-refractivity contribution < 1.29 is 14.1 Å². The number of aryl methyl sites for hydroxylation is 2. The smallest absolute Gasteiger partial charge is 0.227 e. The molecule has 0 atom stereocenters. The Hall–Kier alpha value is -2.89. The van der Waals surface area contributed by atoms with Crippen LogP contribution in [0.4, 0.5) is 0 Å². The average molecular weight is 365 g/mol. The Morgan fingerprint density at radius 1 is 1.22 bits per heavy atom. The van der Waals surface area contributed by atoms with Gasteiger partial charge in [0, 0.05) is 43.1 Å². The van der Waals surface area contributed by atoms with Gasteiger partial charge in [-0.15, -0.1) is 0 Å². The third-order valence-electron chi connectivity index (χ3n) is 5.19. The molecule has 6 nitrogen and oxygen atoms in total. The Labute approximate surface area is 158 Å². The minimum Gasteiger partial charge on any atom is -0.488 e. The number of fused-ring (bicyclic) bond motifs is 1. The summed E-state index contributed by atoms with van der Waals surface area (Å²) < 4.78 is 11.4. The number of hydrogen-bond donors (Lipinski definition) is 0. The molecule has 140 valence electrons. The molecule has 0 saturated carbocycles. The number of pyridine rings is 1. The number of carbonyl (C=O) groups is 1. The van der Waals surface area contributed by atoms with Gasteiger partial charge in [0.1, 0.15) is 23.1 Å². The van der Waals surface area contributed by atoms with E-state index in [1.165, 1.54) is 0 Å². The van der Waals surface area contributed by atoms with Crippen LogP contribution in [-0.2, 0) is 11.2 Å². The molecule has 1 aliphatic rings. The Kier molecular flexibility index (Phi) is 4.79. The second kappa shape index (κ2) is 7.39. The molecule has 0 aliphatic carbocycles. The summed E-state index contributed by atoms with van der Waals surface area (Å²) in [6.45, 7) is 5.12. The Morgan fingerprint density at radius 3 is 2.74 bits per heavy atom. The molecule has 3 aromatic rings. The molecule has 0 radical (unpaired) electrons. The predicted molar refractivity (Wildman–Crippen MR) is 102 cm³/mol. The van der Waals surface area contributed by atoms with Gasteiger partial charge >= 0.3 is 0 Å². The fraction of sp³-hybridized carbons (Fsp3) is 0.381. The number of amides is 1. The number of ether oxygens (including phenoxy) is 1. The van der Waals surface area contributed by atoms with Gasteiger partial charge in [-0.2, -0.15) is 0 Å². The predicted octanol–water partition coefficient (Wildman–Crippen LogP) is 3.45. The zero-order valence-electron chi connectivity index (χ0n) is 15.6. The number of hydrogen-bond acceptors (Lipinski definition) is 5. The molecule has 0 unspecified atom stereocenters. The van der Waals surface area contributed by atoms with Crippen molar-refractivity contribution in [2.75, 3.05) is 13.1 Å². The lowest BCUT2D eigenvalue weighted by Gasteiger charge is -2.32. The van der Waals surface area contributed by atoms with Gasteiger partial charge in [0.05, 0.1) is 12.1 Å². The highest BCUT2D eigenvalue weighted by atomic mass is 16.5. The number of para-hydroxylation sites is 1. The number of piperidine rings is 1. The standard InChI is InChI=1S/C21H23N3O3/c1-14-18(15(2)27-23-14)13-20(25)24-11-8-17(9-12-24)26-19-7-3-5-16-6-4-10-22-21(16)19/h3-7,10,17H,8-9,11-13H2,1-2H3. The average Bonchev–Trinajstić information content (AvgIpc) is 3.01. The van der Waals surface area contributed by atoms with E-state index in [2.05, 4.69) is 10.1 Å². The first-order chi connectivity index (χ1) is 13.1. The van der Waals surface area contributed by atoms with E-state index in [-0.39, 0.29) is 12.0 Å². The zero-order chi connectivity index (χ0) is 18.8.